The van der Waals surface area contributed by atoms with E-state index in [4.69, 9.17) is 0 Å². The Bertz CT molecular complexity index is 616. The van der Waals surface area contributed by atoms with Crippen LogP contribution in [0.3, 0.4) is 0 Å². The van der Waals surface area contributed by atoms with Gasteiger partial charge < -0.3 is 0 Å². The molecule has 0 radical (unpaired) electrons. The molecule has 3 rings (SSSR count). The third-order valence-electron chi connectivity index (χ3n) is 3.88. The van der Waals surface area contributed by atoms with Crippen molar-refractivity contribution in [2.75, 3.05) is 5.01 Å². The third kappa shape index (κ3) is 1.73. The van der Waals surface area contributed by atoms with Crippen LogP contribution < -0.4 is 10.7 Å². The molecule has 0 saturated carbocycles. The summed E-state index contributed by atoms with van der Waals surface area (Å²) in [5.41, 5.74) is -0.540. The first kappa shape index (κ1) is 12.8. The summed E-state index contributed by atoms with van der Waals surface area (Å²) in [6.07, 6.45) is 6.25. The van der Waals surface area contributed by atoms with Crippen molar-refractivity contribution in [3.63, 3.8) is 0 Å². The molecule has 1 aliphatic heterocycles. The molecule has 0 spiro atoms. The average molecular weight is 276 g/mol. The zero-order chi connectivity index (χ0) is 14.3. The van der Waals surface area contributed by atoms with Gasteiger partial charge in [0.1, 0.15) is 0 Å². The number of hydrogen-bond acceptors (Lipinski definition) is 4. The maximum absolute atomic E-state index is 12.4. The summed E-state index contributed by atoms with van der Waals surface area (Å²) in [4.78, 5) is 36.7. The van der Waals surface area contributed by atoms with Gasteiger partial charge in [0.25, 0.3) is 11.8 Å². The van der Waals surface area contributed by atoms with E-state index in [-0.39, 0.29) is 23.7 Å². The van der Waals surface area contributed by atoms with Crippen molar-refractivity contribution in [1.82, 2.24) is 14.9 Å². The number of aromatic amines is 1. The van der Waals surface area contributed by atoms with Crippen LogP contribution in [0.4, 0.5) is 0 Å². The Kier molecular flexibility index (Phi) is 3.04. The van der Waals surface area contributed by atoms with Gasteiger partial charge in [-0.1, -0.05) is 19.1 Å². The maximum atomic E-state index is 12.4. The molecule has 20 heavy (non-hydrogen) atoms. The molecular formula is C13H16N4O3. The molecule has 1 saturated heterocycles. The maximum Gasteiger partial charge on any atom is 0.363 e. The van der Waals surface area contributed by atoms with E-state index >= 15 is 0 Å². The zero-order valence-electron chi connectivity index (χ0n) is 11.2. The number of aryl methyl sites for hydroxylation is 1. The van der Waals surface area contributed by atoms with Gasteiger partial charge in [0.2, 0.25) is 0 Å². The average Bonchev–Trinajstić information content (AvgIpc) is 2.92. The summed E-state index contributed by atoms with van der Waals surface area (Å²) in [6.45, 7) is 1.95. The number of nitrogens with one attached hydrogen (secondary N) is 1. The highest BCUT2D eigenvalue weighted by Crippen LogP contribution is 2.34. The predicted octanol–water partition coefficient (Wildman–Crippen LogP) is 0.111. The summed E-state index contributed by atoms with van der Waals surface area (Å²) in [7, 11) is 0. The van der Waals surface area contributed by atoms with Crippen molar-refractivity contribution in [2.24, 2.45) is 11.8 Å². The summed E-state index contributed by atoms with van der Waals surface area (Å²) >= 11 is 0. The first-order chi connectivity index (χ1) is 9.65. The number of rotatable bonds is 3. The smallest absolute Gasteiger partial charge is 0.272 e. The second-order valence-corrected chi connectivity index (χ2v) is 5.15. The highest BCUT2D eigenvalue weighted by molar-refractivity contribution is 6.16. The number of nitrogens with zero attached hydrogens (tertiary/aromatic N) is 3. The molecule has 0 bridgehead atoms. The van der Waals surface area contributed by atoms with E-state index in [1.807, 2.05) is 19.1 Å². The van der Waals surface area contributed by atoms with Crippen molar-refractivity contribution >= 4 is 11.8 Å². The Labute approximate surface area is 115 Å². The molecule has 1 aromatic heterocycles. The largest absolute Gasteiger partial charge is 0.363 e. The van der Waals surface area contributed by atoms with Crippen LogP contribution in [0.15, 0.2) is 16.9 Å². The van der Waals surface area contributed by atoms with E-state index in [9.17, 15) is 14.4 Å². The highest BCUT2D eigenvalue weighted by Gasteiger charge is 2.49. The van der Waals surface area contributed by atoms with Crippen LogP contribution in [0.1, 0.15) is 32.0 Å². The van der Waals surface area contributed by atoms with Gasteiger partial charge in [0.05, 0.1) is 11.8 Å². The predicted molar refractivity (Wildman–Crippen MR) is 70.4 cm³/mol. The molecule has 2 amide bonds. The summed E-state index contributed by atoms with van der Waals surface area (Å²) < 4.78 is 1.10. The van der Waals surface area contributed by atoms with Crippen LogP contribution in [0, 0.1) is 11.8 Å². The number of carbonyl (C=O) groups is 2. The molecule has 2 unspecified atom stereocenters. The van der Waals surface area contributed by atoms with Crippen LogP contribution in [-0.2, 0) is 16.0 Å². The summed E-state index contributed by atoms with van der Waals surface area (Å²) in [6, 6.07) is 0. The Morgan fingerprint density at radius 1 is 1.20 bits per heavy atom. The van der Waals surface area contributed by atoms with Crippen LogP contribution in [0.2, 0.25) is 0 Å². The van der Waals surface area contributed by atoms with Crippen molar-refractivity contribution in [1.29, 1.82) is 0 Å². The molecule has 2 aliphatic rings. The number of allylic oxidation sites excluding steroid dienone is 2. The Morgan fingerprint density at radius 2 is 1.80 bits per heavy atom. The number of imide groups is 1. The normalized spacial score (nSPS) is 25.4. The van der Waals surface area contributed by atoms with Gasteiger partial charge in [-0.2, -0.15) is 14.8 Å². The van der Waals surface area contributed by atoms with Gasteiger partial charge in [-0.25, -0.2) is 9.89 Å². The quantitative estimate of drug-likeness (QED) is 0.627. The number of fused-ring (bicyclic) bond motifs is 1. The second kappa shape index (κ2) is 4.73. The minimum absolute atomic E-state index is 0.301. The Hall–Kier alpha value is -2.18. The molecular weight excluding hydrogens is 260 g/mol. The lowest BCUT2D eigenvalue weighted by atomic mass is 9.85. The van der Waals surface area contributed by atoms with E-state index in [1.165, 1.54) is 0 Å². The van der Waals surface area contributed by atoms with E-state index in [1.54, 1.807) is 0 Å². The molecule has 1 aliphatic carbocycles. The molecule has 2 atom stereocenters. The van der Waals surface area contributed by atoms with Crippen LogP contribution in [0.25, 0.3) is 0 Å². The molecule has 2 heterocycles. The molecule has 1 fully saturated rings. The van der Waals surface area contributed by atoms with E-state index < -0.39 is 5.69 Å². The number of carbonyl (C=O) groups excluding carboxylic acids is 2. The molecule has 7 nitrogen and oxygen atoms in total. The van der Waals surface area contributed by atoms with Gasteiger partial charge >= 0.3 is 5.69 Å². The highest BCUT2D eigenvalue weighted by atomic mass is 16.2. The minimum Gasteiger partial charge on any atom is -0.272 e. The fourth-order valence-electron chi connectivity index (χ4n) is 2.90. The zero-order valence-corrected chi connectivity index (χ0v) is 11.2. The SMILES string of the molecule is CCCc1n[nH]c(=O)n1N1C(=O)C2CC=CCC2C1=O. The lowest BCUT2D eigenvalue weighted by molar-refractivity contribution is -0.125. The van der Waals surface area contributed by atoms with E-state index in [0.29, 0.717) is 25.1 Å². The Morgan fingerprint density at radius 3 is 2.35 bits per heavy atom. The van der Waals surface area contributed by atoms with E-state index in [2.05, 4.69) is 10.2 Å². The van der Waals surface area contributed by atoms with Crippen molar-refractivity contribution < 1.29 is 9.59 Å². The Balaban J connectivity index is 2.03. The summed E-state index contributed by atoms with van der Waals surface area (Å²) in [5.74, 6) is -0.867. The molecule has 1 N–H and O–H groups in total. The van der Waals surface area contributed by atoms with Gasteiger partial charge in [0.15, 0.2) is 5.82 Å². The van der Waals surface area contributed by atoms with Crippen LogP contribution in [0.5, 0.6) is 0 Å². The number of aromatic nitrogens is 3. The minimum atomic E-state index is -0.540. The fraction of sp³-hybridized carbons (Fsp3) is 0.538. The number of amides is 2. The lowest BCUT2D eigenvalue weighted by Crippen LogP contribution is -2.47. The lowest BCUT2D eigenvalue weighted by Gasteiger charge is -2.16. The first-order valence-electron chi connectivity index (χ1n) is 6.84. The molecule has 1 aromatic rings. The number of hydrogen-bond donors (Lipinski definition) is 1. The first-order valence-corrected chi connectivity index (χ1v) is 6.84. The van der Waals surface area contributed by atoms with Crippen LogP contribution >= 0.6 is 0 Å². The van der Waals surface area contributed by atoms with Crippen LogP contribution in [-0.4, -0.2) is 26.7 Å². The molecule has 7 heteroatoms. The number of H-pyrrole nitrogens is 1. The van der Waals surface area contributed by atoms with Gasteiger partial charge in [-0.3, -0.25) is 9.59 Å². The fourth-order valence-corrected chi connectivity index (χ4v) is 2.90. The molecule has 0 aromatic carbocycles. The van der Waals surface area contributed by atoms with Gasteiger partial charge in [0, 0.05) is 6.42 Å². The van der Waals surface area contributed by atoms with E-state index in [0.717, 1.165) is 16.1 Å². The van der Waals surface area contributed by atoms with Crippen molar-refractivity contribution in [3.8, 4) is 0 Å². The summed E-state index contributed by atoms with van der Waals surface area (Å²) in [5, 5.41) is 7.20. The van der Waals surface area contributed by atoms with Crippen molar-refractivity contribution in [3.05, 3.63) is 28.5 Å². The third-order valence-corrected chi connectivity index (χ3v) is 3.88. The van der Waals surface area contributed by atoms with Gasteiger partial charge in [-0.15, -0.1) is 0 Å². The second-order valence-electron chi connectivity index (χ2n) is 5.15. The standard InChI is InChI=1S/C13H16N4O3/c1-2-5-10-14-15-13(20)16(10)17-11(18)8-6-3-4-7-9(8)12(17)19/h3-4,8-9H,2,5-7H2,1H3,(H,15,20). The monoisotopic (exact) mass is 276 g/mol. The van der Waals surface area contributed by atoms with Crippen molar-refractivity contribution in [2.45, 2.75) is 32.6 Å². The van der Waals surface area contributed by atoms with Gasteiger partial charge in [-0.05, 0) is 19.3 Å². The topological polar surface area (TPSA) is 88.1 Å². The molecule has 106 valence electrons.